The first-order chi connectivity index (χ1) is 9.97. The van der Waals surface area contributed by atoms with Crippen molar-refractivity contribution >= 4 is 5.97 Å². The highest BCUT2D eigenvalue weighted by Crippen LogP contribution is 2.20. The van der Waals surface area contributed by atoms with Crippen LogP contribution in [0.25, 0.3) is 0 Å². The molecule has 1 unspecified atom stereocenters. The van der Waals surface area contributed by atoms with Crippen LogP contribution in [0.15, 0.2) is 42.5 Å². The summed E-state index contributed by atoms with van der Waals surface area (Å²) >= 11 is 0. The zero-order valence-corrected chi connectivity index (χ0v) is 12.3. The molecular formula is C18H19FO2. The van der Waals surface area contributed by atoms with Crippen molar-refractivity contribution in [2.24, 2.45) is 5.92 Å². The lowest BCUT2D eigenvalue weighted by Gasteiger charge is -2.15. The van der Waals surface area contributed by atoms with Gasteiger partial charge in [0.2, 0.25) is 0 Å². The fourth-order valence-electron chi connectivity index (χ4n) is 2.48. The number of halogens is 1. The monoisotopic (exact) mass is 286 g/mol. The van der Waals surface area contributed by atoms with Gasteiger partial charge >= 0.3 is 5.97 Å². The van der Waals surface area contributed by atoms with Crippen molar-refractivity contribution in [3.63, 3.8) is 0 Å². The third-order valence-corrected chi connectivity index (χ3v) is 3.85. The summed E-state index contributed by atoms with van der Waals surface area (Å²) in [5.41, 5.74) is 3.79. The fraction of sp³-hybridized carbons (Fsp3) is 0.278. The Balaban J connectivity index is 2.22. The molecule has 0 radical (unpaired) electrons. The van der Waals surface area contributed by atoms with Crippen LogP contribution >= 0.6 is 0 Å². The van der Waals surface area contributed by atoms with Gasteiger partial charge in [-0.1, -0.05) is 30.3 Å². The van der Waals surface area contributed by atoms with Crippen LogP contribution < -0.4 is 0 Å². The molecule has 0 bridgehead atoms. The lowest BCUT2D eigenvalue weighted by atomic mass is 9.89. The molecule has 2 rings (SSSR count). The molecule has 3 heteroatoms. The van der Waals surface area contributed by atoms with Crippen LogP contribution in [0.1, 0.15) is 22.3 Å². The van der Waals surface area contributed by atoms with Gasteiger partial charge in [0.05, 0.1) is 5.92 Å². The van der Waals surface area contributed by atoms with Gasteiger partial charge in [0.25, 0.3) is 0 Å². The average Bonchev–Trinajstić information content (AvgIpc) is 2.44. The molecule has 21 heavy (non-hydrogen) atoms. The van der Waals surface area contributed by atoms with Gasteiger partial charge in [-0.2, -0.15) is 0 Å². The normalized spacial score (nSPS) is 12.1. The summed E-state index contributed by atoms with van der Waals surface area (Å²) < 4.78 is 13.3. The van der Waals surface area contributed by atoms with Crippen molar-refractivity contribution in [3.05, 3.63) is 70.5 Å². The first-order valence-electron chi connectivity index (χ1n) is 6.99. The summed E-state index contributed by atoms with van der Waals surface area (Å²) in [6, 6.07) is 12.3. The predicted octanol–water partition coefficient (Wildman–Crippen LogP) is 3.93. The van der Waals surface area contributed by atoms with Crippen molar-refractivity contribution in [2.75, 3.05) is 0 Å². The van der Waals surface area contributed by atoms with Crippen molar-refractivity contribution < 1.29 is 14.3 Å². The van der Waals surface area contributed by atoms with Crippen LogP contribution in [0.4, 0.5) is 4.39 Å². The summed E-state index contributed by atoms with van der Waals surface area (Å²) in [5, 5.41) is 9.45. The zero-order valence-electron chi connectivity index (χ0n) is 12.3. The van der Waals surface area contributed by atoms with E-state index in [0.717, 1.165) is 22.3 Å². The molecule has 2 aromatic rings. The molecule has 0 saturated carbocycles. The summed E-state index contributed by atoms with van der Waals surface area (Å²) in [5.74, 6) is -1.72. The fourth-order valence-corrected chi connectivity index (χ4v) is 2.48. The molecule has 0 aromatic heterocycles. The van der Waals surface area contributed by atoms with E-state index in [0.29, 0.717) is 12.8 Å². The number of aryl methyl sites for hydroxylation is 2. The topological polar surface area (TPSA) is 37.3 Å². The van der Waals surface area contributed by atoms with Crippen molar-refractivity contribution in [1.82, 2.24) is 0 Å². The summed E-state index contributed by atoms with van der Waals surface area (Å²) in [6.45, 7) is 3.85. The molecule has 110 valence electrons. The van der Waals surface area contributed by atoms with E-state index >= 15 is 0 Å². The zero-order chi connectivity index (χ0) is 15.4. The molecule has 0 heterocycles. The molecule has 2 aromatic carbocycles. The smallest absolute Gasteiger partial charge is 0.307 e. The number of hydrogen-bond acceptors (Lipinski definition) is 1. The van der Waals surface area contributed by atoms with Gasteiger partial charge in [0, 0.05) is 0 Å². The van der Waals surface area contributed by atoms with E-state index in [9.17, 15) is 14.3 Å². The van der Waals surface area contributed by atoms with Gasteiger partial charge in [0.15, 0.2) is 0 Å². The molecular weight excluding hydrogens is 267 g/mol. The van der Waals surface area contributed by atoms with Gasteiger partial charge in [-0.25, -0.2) is 4.39 Å². The Bertz CT molecular complexity index is 649. The number of carboxylic acids is 1. The van der Waals surface area contributed by atoms with Gasteiger partial charge in [-0.05, 0) is 61.1 Å². The lowest BCUT2D eigenvalue weighted by molar-refractivity contribution is -0.141. The van der Waals surface area contributed by atoms with E-state index in [1.807, 2.05) is 38.1 Å². The van der Waals surface area contributed by atoms with E-state index in [4.69, 9.17) is 0 Å². The van der Waals surface area contributed by atoms with Crippen LogP contribution in [-0.2, 0) is 17.6 Å². The van der Waals surface area contributed by atoms with Crippen LogP contribution in [0, 0.1) is 25.6 Å². The van der Waals surface area contributed by atoms with E-state index in [-0.39, 0.29) is 5.82 Å². The molecule has 0 amide bonds. The maximum absolute atomic E-state index is 13.3. The molecule has 2 nitrogen and oxygen atoms in total. The molecule has 0 fully saturated rings. The van der Waals surface area contributed by atoms with Crippen molar-refractivity contribution in [2.45, 2.75) is 26.7 Å². The van der Waals surface area contributed by atoms with E-state index in [1.165, 1.54) is 12.1 Å². The minimum atomic E-state index is -0.845. The Kier molecular flexibility index (Phi) is 4.73. The number of carbonyl (C=O) groups is 1. The largest absolute Gasteiger partial charge is 0.481 e. The second-order valence-electron chi connectivity index (χ2n) is 5.44. The predicted molar refractivity (Wildman–Crippen MR) is 80.8 cm³/mol. The Morgan fingerprint density at radius 3 is 2.33 bits per heavy atom. The highest BCUT2D eigenvalue weighted by molar-refractivity contribution is 5.71. The third kappa shape index (κ3) is 3.91. The van der Waals surface area contributed by atoms with Crippen molar-refractivity contribution in [1.29, 1.82) is 0 Å². The number of benzene rings is 2. The second kappa shape index (κ2) is 6.53. The number of hydrogen-bond donors (Lipinski definition) is 1. The van der Waals surface area contributed by atoms with E-state index in [1.54, 1.807) is 6.07 Å². The SMILES string of the molecule is Cc1ccccc1CC(Cc1cc(F)ccc1C)C(=O)O. The minimum absolute atomic E-state index is 0.323. The molecule has 0 aliphatic rings. The molecule has 1 atom stereocenters. The van der Waals surface area contributed by atoms with Gasteiger partial charge in [-0.3, -0.25) is 4.79 Å². The Morgan fingerprint density at radius 1 is 1.05 bits per heavy atom. The first kappa shape index (κ1) is 15.2. The Labute approximate surface area is 124 Å². The average molecular weight is 286 g/mol. The molecule has 0 saturated heterocycles. The highest BCUT2D eigenvalue weighted by Gasteiger charge is 2.20. The van der Waals surface area contributed by atoms with Crippen molar-refractivity contribution in [3.8, 4) is 0 Å². The van der Waals surface area contributed by atoms with Gasteiger partial charge in [-0.15, -0.1) is 0 Å². The van der Waals surface area contributed by atoms with Gasteiger partial charge < -0.3 is 5.11 Å². The summed E-state index contributed by atoms with van der Waals surface area (Å²) in [6.07, 6.45) is 0.797. The Morgan fingerprint density at radius 2 is 1.67 bits per heavy atom. The maximum atomic E-state index is 13.3. The number of aliphatic carboxylic acids is 1. The molecule has 0 spiro atoms. The van der Waals surface area contributed by atoms with Crippen LogP contribution in [0.2, 0.25) is 0 Å². The van der Waals surface area contributed by atoms with Crippen LogP contribution in [0.3, 0.4) is 0 Å². The standard InChI is InChI=1S/C18H19FO2/c1-12-5-3-4-6-14(12)9-16(18(20)21)10-15-11-17(19)8-7-13(15)2/h3-8,11,16H,9-10H2,1-2H3,(H,20,21). The molecule has 0 aliphatic heterocycles. The maximum Gasteiger partial charge on any atom is 0.307 e. The second-order valence-corrected chi connectivity index (χ2v) is 5.44. The Hall–Kier alpha value is -2.16. The minimum Gasteiger partial charge on any atom is -0.481 e. The molecule has 1 N–H and O–H groups in total. The van der Waals surface area contributed by atoms with Crippen LogP contribution in [-0.4, -0.2) is 11.1 Å². The number of rotatable bonds is 5. The summed E-state index contributed by atoms with van der Waals surface area (Å²) in [7, 11) is 0. The summed E-state index contributed by atoms with van der Waals surface area (Å²) in [4.78, 5) is 11.5. The first-order valence-corrected chi connectivity index (χ1v) is 6.99. The van der Waals surface area contributed by atoms with Crippen LogP contribution in [0.5, 0.6) is 0 Å². The molecule has 0 aliphatic carbocycles. The number of carboxylic acid groups (broad SMARTS) is 1. The quantitative estimate of drug-likeness (QED) is 0.904. The lowest BCUT2D eigenvalue weighted by Crippen LogP contribution is -2.20. The van der Waals surface area contributed by atoms with E-state index in [2.05, 4.69) is 0 Å². The van der Waals surface area contributed by atoms with E-state index < -0.39 is 11.9 Å². The highest BCUT2D eigenvalue weighted by atomic mass is 19.1. The third-order valence-electron chi connectivity index (χ3n) is 3.85. The van der Waals surface area contributed by atoms with Gasteiger partial charge in [0.1, 0.15) is 5.82 Å².